The largest absolute Gasteiger partial charge is 0.453 e. The molecule has 14 heteroatoms. The van der Waals surface area contributed by atoms with Crippen LogP contribution >= 0.6 is 0 Å². The topological polar surface area (TPSA) is 153 Å². The Morgan fingerprint density at radius 2 is 1.93 bits per heavy atom. The quantitative estimate of drug-likeness (QED) is 0.218. The molecule has 2 aromatic heterocycles. The van der Waals surface area contributed by atoms with E-state index in [9.17, 15) is 23.9 Å². The first kappa shape index (κ1) is 28.4. The summed E-state index contributed by atoms with van der Waals surface area (Å²) in [5, 5.41) is 22.3. The van der Waals surface area contributed by atoms with Gasteiger partial charge in [-0.2, -0.15) is 5.10 Å². The Balaban J connectivity index is 1.34. The lowest BCUT2D eigenvalue weighted by Gasteiger charge is -2.37. The van der Waals surface area contributed by atoms with Gasteiger partial charge in [0.15, 0.2) is 23.0 Å². The van der Waals surface area contributed by atoms with Gasteiger partial charge in [-0.3, -0.25) is 14.7 Å². The van der Waals surface area contributed by atoms with Crippen molar-refractivity contribution in [2.75, 3.05) is 35.2 Å². The van der Waals surface area contributed by atoms with Crippen molar-refractivity contribution < 1.29 is 33.0 Å². The average Bonchev–Trinajstić information content (AvgIpc) is 3.39. The lowest BCUT2D eigenvalue weighted by molar-refractivity contribution is -0.132. The second-order valence-electron chi connectivity index (χ2n) is 9.59. The number of hydrogen-bond acceptors (Lipinski definition) is 8. The molecule has 1 unspecified atom stereocenters. The molecule has 2 atom stereocenters. The number of benzene rings is 2. The van der Waals surface area contributed by atoms with Crippen LogP contribution in [0.1, 0.15) is 13.8 Å². The van der Waals surface area contributed by atoms with Crippen LogP contribution in [0.3, 0.4) is 0 Å². The van der Waals surface area contributed by atoms with Gasteiger partial charge in [0.2, 0.25) is 11.8 Å². The van der Waals surface area contributed by atoms with Crippen LogP contribution in [0, 0.1) is 17.6 Å². The Kier molecular flexibility index (Phi) is 7.97. The zero-order valence-electron chi connectivity index (χ0n) is 22.6. The smallest absolute Gasteiger partial charge is 0.331 e. The first-order valence-electron chi connectivity index (χ1n) is 13.1. The molecule has 4 N–H and O–H groups in total. The molecule has 218 valence electrons. The van der Waals surface area contributed by atoms with Crippen LogP contribution in [-0.2, 0) is 9.59 Å². The maximum atomic E-state index is 15.2. The number of halogens is 2. The number of aliphatic hydroxyl groups excluding tert-OH is 1. The van der Waals surface area contributed by atoms with Gasteiger partial charge < -0.3 is 25.4 Å². The van der Waals surface area contributed by atoms with Crippen molar-refractivity contribution >= 4 is 46.1 Å². The van der Waals surface area contributed by atoms with E-state index in [1.54, 1.807) is 13.8 Å². The van der Waals surface area contributed by atoms with Crippen molar-refractivity contribution in [1.82, 2.24) is 20.1 Å². The highest BCUT2D eigenvalue weighted by molar-refractivity contribution is 6.23. The van der Waals surface area contributed by atoms with Gasteiger partial charge in [-0.05, 0) is 50.2 Å². The Morgan fingerprint density at radius 3 is 2.62 bits per heavy atom. The Bertz CT molecular complexity index is 1650. The van der Waals surface area contributed by atoms with Gasteiger partial charge in [0.1, 0.15) is 22.9 Å². The lowest BCUT2D eigenvalue weighted by atomic mass is 10.0. The highest BCUT2D eigenvalue weighted by atomic mass is 19.1. The third-order valence-electron chi connectivity index (χ3n) is 6.67. The fourth-order valence-electron chi connectivity index (χ4n) is 4.46. The van der Waals surface area contributed by atoms with Crippen LogP contribution in [0.15, 0.2) is 54.7 Å². The van der Waals surface area contributed by atoms with Gasteiger partial charge in [-0.15, -0.1) is 0 Å². The average molecular weight is 580 g/mol. The molecule has 1 aliphatic rings. The van der Waals surface area contributed by atoms with E-state index in [-0.39, 0.29) is 48.6 Å². The second kappa shape index (κ2) is 11.8. The summed E-state index contributed by atoms with van der Waals surface area (Å²) in [6.45, 7) is 3.36. The number of carbonyl (C=O) groups excluding carboxylic acids is 3. The van der Waals surface area contributed by atoms with E-state index in [4.69, 9.17) is 4.74 Å². The predicted molar refractivity (Wildman–Crippen MR) is 149 cm³/mol. The summed E-state index contributed by atoms with van der Waals surface area (Å²) in [6, 6.07) is 9.13. The SMILES string of the molecule is CCN1CC(C(=O)Nc2ccc(Oc3ccnc4[nH]nc(N[C@H](C)CO)c34)c(F)c2)C(=O)N(c2ccc(F)cc2)C1=O. The van der Waals surface area contributed by atoms with Gasteiger partial charge in [-0.1, -0.05) is 0 Å². The van der Waals surface area contributed by atoms with Gasteiger partial charge in [-0.25, -0.2) is 23.5 Å². The van der Waals surface area contributed by atoms with E-state index in [1.807, 2.05) is 0 Å². The van der Waals surface area contributed by atoms with Crippen molar-refractivity contribution in [3.63, 3.8) is 0 Å². The number of fused-ring (bicyclic) bond motifs is 1. The summed E-state index contributed by atoms with van der Waals surface area (Å²) in [7, 11) is 0. The number of amides is 4. The number of aromatic nitrogens is 3. The van der Waals surface area contributed by atoms with Crippen LogP contribution < -0.4 is 20.3 Å². The number of H-pyrrole nitrogens is 1. The Labute approximate surface area is 238 Å². The number of pyridine rings is 1. The molecule has 1 fully saturated rings. The minimum absolute atomic E-state index is 0.0632. The van der Waals surface area contributed by atoms with Crippen molar-refractivity contribution in [3.05, 3.63) is 66.4 Å². The van der Waals surface area contributed by atoms with Crippen molar-refractivity contribution in [2.24, 2.45) is 5.92 Å². The van der Waals surface area contributed by atoms with Crippen molar-refractivity contribution in [3.8, 4) is 11.5 Å². The number of aliphatic hydroxyl groups is 1. The molecule has 2 aromatic carbocycles. The Morgan fingerprint density at radius 1 is 1.17 bits per heavy atom. The number of nitrogens with one attached hydrogen (secondary N) is 3. The highest BCUT2D eigenvalue weighted by Crippen LogP contribution is 2.35. The van der Waals surface area contributed by atoms with Gasteiger partial charge in [0.05, 0.1) is 12.3 Å². The van der Waals surface area contributed by atoms with Crippen LogP contribution in [0.5, 0.6) is 11.5 Å². The number of rotatable bonds is 9. The van der Waals surface area contributed by atoms with Crippen molar-refractivity contribution in [1.29, 1.82) is 0 Å². The molecule has 4 amide bonds. The summed E-state index contributed by atoms with van der Waals surface area (Å²) < 4.78 is 34.4. The van der Waals surface area contributed by atoms with E-state index in [0.717, 1.165) is 23.1 Å². The van der Waals surface area contributed by atoms with Gasteiger partial charge in [0, 0.05) is 43.1 Å². The summed E-state index contributed by atoms with van der Waals surface area (Å²) in [5.41, 5.74) is 0.575. The zero-order chi connectivity index (χ0) is 30.0. The third-order valence-corrected chi connectivity index (χ3v) is 6.67. The van der Waals surface area contributed by atoms with Gasteiger partial charge >= 0.3 is 6.03 Å². The highest BCUT2D eigenvalue weighted by Gasteiger charge is 2.43. The Hall–Kier alpha value is -5.11. The molecule has 0 spiro atoms. The molecule has 42 heavy (non-hydrogen) atoms. The first-order valence-corrected chi connectivity index (χ1v) is 13.1. The summed E-state index contributed by atoms with van der Waals surface area (Å²) in [4.78, 5) is 45.6. The molecule has 0 aliphatic carbocycles. The number of aromatic amines is 1. The normalized spacial score (nSPS) is 16.1. The summed E-state index contributed by atoms with van der Waals surface area (Å²) >= 11 is 0. The molecule has 12 nitrogen and oxygen atoms in total. The second-order valence-corrected chi connectivity index (χ2v) is 9.59. The number of imide groups is 1. The van der Waals surface area contributed by atoms with Crippen LogP contribution in [0.2, 0.25) is 0 Å². The summed E-state index contributed by atoms with van der Waals surface area (Å²) in [5.74, 6) is -3.69. The molecule has 0 bridgehead atoms. The number of anilines is 3. The number of nitrogens with zero attached hydrogens (tertiary/aromatic N) is 4. The van der Waals surface area contributed by atoms with Gasteiger partial charge in [0.25, 0.3) is 0 Å². The van der Waals surface area contributed by atoms with Crippen molar-refractivity contribution in [2.45, 2.75) is 19.9 Å². The van der Waals surface area contributed by atoms with E-state index in [0.29, 0.717) is 16.9 Å². The van der Waals surface area contributed by atoms with Crippen LogP contribution in [-0.4, -0.2) is 68.8 Å². The molecule has 0 saturated carbocycles. The molecule has 1 aliphatic heterocycles. The molecule has 5 rings (SSSR count). The standard InChI is InChI=1S/C28H27F2N7O5/c1-3-36-13-19(27(40)37(28(36)41)18-7-4-16(29)5-8-18)26(39)33-17-6-9-21(20(30)12-17)42-22-10-11-31-24-23(22)25(35-34-24)32-15(2)14-38/h4-12,15,19,38H,3,13-14H2,1-2H3,(H,33,39)(H2,31,32,34,35)/t15-,19?/m1/s1. The molecule has 1 saturated heterocycles. The fraction of sp³-hybridized carbons (Fsp3) is 0.250. The zero-order valence-corrected chi connectivity index (χ0v) is 22.6. The number of carbonyl (C=O) groups is 3. The van der Waals surface area contributed by atoms with Crippen LogP contribution in [0.25, 0.3) is 11.0 Å². The van der Waals surface area contributed by atoms with E-state index < -0.39 is 35.4 Å². The number of urea groups is 1. The number of hydrogen-bond donors (Lipinski definition) is 4. The first-order chi connectivity index (χ1) is 20.2. The number of ether oxygens (including phenoxy) is 1. The molecule has 3 heterocycles. The molecular formula is C28H27F2N7O5. The molecular weight excluding hydrogens is 552 g/mol. The minimum atomic E-state index is -1.29. The minimum Gasteiger partial charge on any atom is -0.453 e. The monoisotopic (exact) mass is 579 g/mol. The van der Waals surface area contributed by atoms with Crippen LogP contribution in [0.4, 0.5) is 30.8 Å². The maximum Gasteiger partial charge on any atom is 0.331 e. The third kappa shape index (κ3) is 5.56. The molecule has 0 radical (unpaired) electrons. The predicted octanol–water partition coefficient (Wildman–Crippen LogP) is 3.86. The molecule has 4 aromatic rings. The van der Waals surface area contributed by atoms with E-state index >= 15 is 4.39 Å². The maximum absolute atomic E-state index is 15.2. The summed E-state index contributed by atoms with van der Waals surface area (Å²) in [6.07, 6.45) is 1.46. The fourth-order valence-corrected chi connectivity index (χ4v) is 4.46. The van der Waals surface area contributed by atoms with E-state index in [2.05, 4.69) is 25.8 Å². The lowest BCUT2D eigenvalue weighted by Crippen LogP contribution is -2.59. The van der Waals surface area contributed by atoms with E-state index in [1.165, 1.54) is 41.4 Å².